The van der Waals surface area contributed by atoms with Gasteiger partial charge in [0.25, 0.3) is 5.91 Å². The van der Waals surface area contributed by atoms with Crippen molar-refractivity contribution in [2.24, 2.45) is 5.10 Å². The van der Waals surface area contributed by atoms with E-state index in [0.29, 0.717) is 16.1 Å². The number of thiazole rings is 1. The maximum atomic E-state index is 13.6. The van der Waals surface area contributed by atoms with Crippen molar-refractivity contribution in [1.29, 1.82) is 0 Å². The van der Waals surface area contributed by atoms with Crippen LogP contribution in [0.15, 0.2) is 89.9 Å². The van der Waals surface area contributed by atoms with Crippen LogP contribution in [-0.2, 0) is 10.0 Å². The SMILES string of the molecule is C=CCN(CC=C)S(=O)(=O)c1ccc(C(=O)N(/N=C/c2ccc([N+](=O)[O-])s2)c2nc3ccc(OC)cc3s2)cc1. The Morgan fingerprint density at radius 2 is 1.80 bits per heavy atom. The summed E-state index contributed by atoms with van der Waals surface area (Å²) in [6.07, 6.45) is 4.29. The van der Waals surface area contributed by atoms with Crippen LogP contribution in [0, 0.1) is 10.1 Å². The molecule has 0 fully saturated rings. The van der Waals surface area contributed by atoms with Crippen LogP contribution in [0.5, 0.6) is 5.75 Å². The summed E-state index contributed by atoms with van der Waals surface area (Å²) in [4.78, 5) is 29.2. The summed E-state index contributed by atoms with van der Waals surface area (Å²) in [7, 11) is -2.31. The van der Waals surface area contributed by atoms with Crippen molar-refractivity contribution in [2.45, 2.75) is 4.90 Å². The first-order valence-corrected chi connectivity index (χ1v) is 14.6. The molecule has 0 aliphatic carbocycles. The average molecular weight is 598 g/mol. The zero-order chi connectivity index (χ0) is 28.9. The van der Waals surface area contributed by atoms with Gasteiger partial charge in [0.2, 0.25) is 15.2 Å². The molecule has 11 nitrogen and oxygen atoms in total. The first-order chi connectivity index (χ1) is 19.2. The first-order valence-electron chi connectivity index (χ1n) is 11.6. The van der Waals surface area contributed by atoms with Gasteiger partial charge < -0.3 is 4.74 Å². The monoisotopic (exact) mass is 597 g/mol. The molecular weight excluding hydrogens is 575 g/mol. The van der Waals surface area contributed by atoms with Crippen molar-refractivity contribution < 1.29 is 22.9 Å². The van der Waals surface area contributed by atoms with Crippen molar-refractivity contribution in [3.63, 3.8) is 0 Å². The Bertz CT molecular complexity index is 1700. The lowest BCUT2D eigenvalue weighted by molar-refractivity contribution is -0.380. The number of nitro groups is 1. The van der Waals surface area contributed by atoms with E-state index in [2.05, 4.69) is 23.2 Å². The maximum Gasteiger partial charge on any atom is 0.324 e. The second-order valence-corrected chi connectivity index (χ2v) is 12.1. The third-order valence-corrected chi connectivity index (χ3v) is 9.27. The molecule has 0 saturated carbocycles. The number of carbonyl (C=O) groups is 1. The second-order valence-electron chi connectivity index (χ2n) is 8.05. The predicted octanol–water partition coefficient (Wildman–Crippen LogP) is 5.32. The first kappa shape index (κ1) is 28.8. The molecule has 0 unspecified atom stereocenters. The Hall–Kier alpha value is -4.24. The van der Waals surface area contributed by atoms with E-state index in [1.807, 2.05) is 0 Å². The van der Waals surface area contributed by atoms with Gasteiger partial charge in [0.15, 0.2) is 0 Å². The van der Waals surface area contributed by atoms with Crippen molar-refractivity contribution in [2.75, 3.05) is 25.2 Å². The fourth-order valence-corrected chi connectivity index (χ4v) is 6.54. The van der Waals surface area contributed by atoms with Gasteiger partial charge in [-0.05, 0) is 48.5 Å². The number of aromatic nitrogens is 1. The van der Waals surface area contributed by atoms with Crippen molar-refractivity contribution in [3.8, 4) is 5.75 Å². The van der Waals surface area contributed by atoms with Crippen LogP contribution in [0.3, 0.4) is 0 Å². The number of hydrogen-bond donors (Lipinski definition) is 0. The van der Waals surface area contributed by atoms with E-state index in [4.69, 9.17) is 4.74 Å². The number of hydrogen-bond acceptors (Lipinski definition) is 10. The molecule has 14 heteroatoms. The van der Waals surface area contributed by atoms with E-state index in [0.717, 1.165) is 21.0 Å². The fourth-order valence-electron chi connectivity index (χ4n) is 3.52. The molecule has 0 aliphatic rings. The zero-order valence-corrected chi connectivity index (χ0v) is 23.6. The lowest BCUT2D eigenvalue weighted by atomic mass is 10.2. The highest BCUT2D eigenvalue weighted by Gasteiger charge is 2.25. The number of nitrogens with zero attached hydrogens (tertiary/aromatic N) is 5. The molecule has 4 rings (SSSR count). The number of anilines is 1. The number of rotatable bonds is 12. The summed E-state index contributed by atoms with van der Waals surface area (Å²) in [6.45, 7) is 7.40. The molecule has 40 heavy (non-hydrogen) atoms. The van der Waals surface area contributed by atoms with Crippen LogP contribution in [0.25, 0.3) is 10.2 Å². The van der Waals surface area contributed by atoms with E-state index in [1.54, 1.807) is 25.3 Å². The molecule has 1 amide bonds. The van der Waals surface area contributed by atoms with E-state index in [-0.39, 0.29) is 33.7 Å². The van der Waals surface area contributed by atoms with Crippen LogP contribution in [0.4, 0.5) is 10.1 Å². The highest BCUT2D eigenvalue weighted by molar-refractivity contribution is 7.89. The fraction of sp³-hybridized carbons (Fsp3) is 0.115. The van der Waals surface area contributed by atoms with Gasteiger partial charge in [-0.1, -0.05) is 34.8 Å². The third-order valence-electron chi connectivity index (χ3n) is 5.46. The van der Waals surface area contributed by atoms with Gasteiger partial charge in [-0.3, -0.25) is 14.9 Å². The molecule has 2 aromatic carbocycles. The Balaban J connectivity index is 1.71. The van der Waals surface area contributed by atoms with Gasteiger partial charge in [0.1, 0.15) is 5.75 Å². The lowest BCUT2D eigenvalue weighted by Crippen LogP contribution is -2.31. The average Bonchev–Trinajstić information content (AvgIpc) is 3.60. The normalized spacial score (nSPS) is 11.7. The summed E-state index contributed by atoms with van der Waals surface area (Å²) in [5.74, 6) is 0.0417. The summed E-state index contributed by atoms with van der Waals surface area (Å²) >= 11 is 2.11. The molecule has 0 spiro atoms. The Morgan fingerprint density at radius 3 is 2.40 bits per heavy atom. The largest absolute Gasteiger partial charge is 0.497 e. The Labute approximate surface area is 238 Å². The summed E-state index contributed by atoms with van der Waals surface area (Å²) in [6, 6.07) is 13.6. The molecule has 206 valence electrons. The molecule has 0 radical (unpaired) electrons. The van der Waals surface area contributed by atoms with Crippen LogP contribution >= 0.6 is 22.7 Å². The Kier molecular flexibility index (Phi) is 8.84. The number of methoxy groups -OCH3 is 1. The number of hydrazone groups is 1. The molecule has 0 bridgehead atoms. The molecule has 0 atom stereocenters. The van der Waals surface area contributed by atoms with Gasteiger partial charge in [0.05, 0.1) is 38.2 Å². The van der Waals surface area contributed by atoms with Crippen LogP contribution < -0.4 is 9.75 Å². The van der Waals surface area contributed by atoms with Gasteiger partial charge in [-0.25, -0.2) is 13.4 Å². The number of sulfonamides is 1. The number of fused-ring (bicyclic) bond motifs is 1. The molecule has 2 aromatic heterocycles. The van der Waals surface area contributed by atoms with Crippen LogP contribution in [-0.4, -0.2) is 55.0 Å². The minimum Gasteiger partial charge on any atom is -0.497 e. The molecule has 2 heterocycles. The van der Waals surface area contributed by atoms with Gasteiger partial charge >= 0.3 is 5.00 Å². The van der Waals surface area contributed by atoms with E-state index >= 15 is 0 Å². The Morgan fingerprint density at radius 1 is 1.10 bits per heavy atom. The number of benzene rings is 2. The van der Waals surface area contributed by atoms with Crippen molar-refractivity contribution in [1.82, 2.24) is 9.29 Å². The predicted molar refractivity (Wildman–Crippen MR) is 157 cm³/mol. The lowest BCUT2D eigenvalue weighted by Gasteiger charge is -2.19. The molecular formula is C26H23N5O6S3. The number of carbonyl (C=O) groups excluding carboxylic acids is 1. The number of thiophene rings is 1. The molecule has 0 aliphatic heterocycles. The van der Waals surface area contributed by atoms with Crippen LogP contribution in [0.2, 0.25) is 0 Å². The number of amides is 1. The summed E-state index contributed by atoms with van der Waals surface area (Å²) in [5.41, 5.74) is 0.774. The summed E-state index contributed by atoms with van der Waals surface area (Å²) < 4.78 is 33.3. The van der Waals surface area contributed by atoms with E-state index in [9.17, 15) is 23.3 Å². The minimum absolute atomic E-state index is 0.000721. The second kappa shape index (κ2) is 12.3. The molecule has 0 N–H and O–H groups in total. The quantitative estimate of drug-likeness (QED) is 0.0933. The van der Waals surface area contributed by atoms with Crippen molar-refractivity contribution >= 4 is 65.2 Å². The van der Waals surface area contributed by atoms with E-state index < -0.39 is 20.9 Å². The van der Waals surface area contributed by atoms with Crippen LogP contribution in [0.1, 0.15) is 15.2 Å². The summed E-state index contributed by atoms with van der Waals surface area (Å²) in [5, 5.41) is 16.6. The maximum absolute atomic E-state index is 13.6. The van der Waals surface area contributed by atoms with Gasteiger partial charge in [-0.15, -0.1) is 13.2 Å². The van der Waals surface area contributed by atoms with Gasteiger partial charge in [-0.2, -0.15) is 14.4 Å². The van der Waals surface area contributed by atoms with E-state index in [1.165, 1.54) is 70.4 Å². The topological polar surface area (TPSA) is 135 Å². The minimum atomic E-state index is -3.85. The molecule has 0 saturated heterocycles. The smallest absolute Gasteiger partial charge is 0.324 e. The highest BCUT2D eigenvalue weighted by atomic mass is 32.2. The van der Waals surface area contributed by atoms with Gasteiger partial charge in [0, 0.05) is 24.7 Å². The van der Waals surface area contributed by atoms with Crippen molar-refractivity contribution in [3.05, 3.63) is 100 Å². The zero-order valence-electron chi connectivity index (χ0n) is 21.2. The molecule has 4 aromatic rings. The number of ether oxygens (including phenoxy) is 1. The standard InChI is InChI=1S/C26H23N5O6S3/c1-4-14-29(15-5-2)40(35,36)21-10-6-18(7-11-21)25(32)30(27-17-20-9-13-24(38-20)31(33)34)26-28-22-12-8-19(37-3)16-23(22)39-26/h4-13,16-17H,1-2,14-15H2,3H3/b27-17+. The third kappa shape index (κ3) is 6.15. The highest BCUT2D eigenvalue weighted by Crippen LogP contribution is 2.33.